The van der Waals surface area contributed by atoms with Crippen LogP contribution < -0.4 is 0 Å². The molecule has 4 heteroatoms. The molecule has 0 amide bonds. The van der Waals surface area contributed by atoms with Gasteiger partial charge in [-0.1, -0.05) is 24.3 Å². The zero-order valence-electron chi connectivity index (χ0n) is 14.7. The molecule has 1 unspecified atom stereocenters. The van der Waals surface area contributed by atoms with Gasteiger partial charge in [0.15, 0.2) is 0 Å². The molecule has 1 fully saturated rings. The summed E-state index contributed by atoms with van der Waals surface area (Å²) in [6.07, 6.45) is 8.64. The van der Waals surface area contributed by atoms with E-state index in [2.05, 4.69) is 54.4 Å². The molecule has 2 aliphatic carbocycles. The monoisotopic (exact) mass is 341 g/mol. The maximum Gasteiger partial charge on any atom is 0.107 e. The Kier molecular flexibility index (Phi) is 4.70. The van der Waals surface area contributed by atoms with Crippen molar-refractivity contribution in [2.75, 3.05) is 14.1 Å². The highest BCUT2D eigenvalue weighted by Crippen LogP contribution is 2.41. The minimum Gasteiger partial charge on any atom is -0.304 e. The van der Waals surface area contributed by atoms with Gasteiger partial charge in [-0.3, -0.25) is 4.90 Å². The second kappa shape index (κ2) is 6.95. The van der Waals surface area contributed by atoms with Gasteiger partial charge >= 0.3 is 0 Å². The first-order valence-corrected chi connectivity index (χ1v) is 9.94. The Bertz CT molecular complexity index is 690. The van der Waals surface area contributed by atoms with Gasteiger partial charge in [-0.2, -0.15) is 0 Å². The van der Waals surface area contributed by atoms with Crippen LogP contribution in [-0.4, -0.2) is 34.9 Å². The minimum absolute atomic E-state index is 0.587. The average molecular weight is 342 g/mol. The number of aromatic nitrogens is 1. The van der Waals surface area contributed by atoms with Crippen molar-refractivity contribution in [3.8, 4) is 0 Å². The van der Waals surface area contributed by atoms with Crippen molar-refractivity contribution in [3.05, 3.63) is 51.5 Å². The predicted octanol–water partition coefficient (Wildman–Crippen LogP) is 4.25. The number of hydrogen-bond acceptors (Lipinski definition) is 4. The van der Waals surface area contributed by atoms with E-state index in [1.54, 1.807) is 11.1 Å². The van der Waals surface area contributed by atoms with Crippen molar-refractivity contribution in [1.82, 2.24) is 14.8 Å². The summed E-state index contributed by atoms with van der Waals surface area (Å²) in [5.74, 6) is 0. The van der Waals surface area contributed by atoms with Gasteiger partial charge in [-0.15, -0.1) is 11.3 Å². The van der Waals surface area contributed by atoms with E-state index in [4.69, 9.17) is 4.98 Å². The highest BCUT2D eigenvalue weighted by Gasteiger charge is 2.36. The van der Waals surface area contributed by atoms with Crippen molar-refractivity contribution >= 4 is 11.3 Å². The molecule has 3 nitrogen and oxygen atoms in total. The SMILES string of the molecule is CN(C)Cc1cnc(CN(C2CC2)C2CCCc3ccccc32)s1. The molecule has 0 N–H and O–H groups in total. The molecule has 0 spiro atoms. The molecule has 0 radical (unpaired) electrons. The quantitative estimate of drug-likeness (QED) is 0.783. The Morgan fingerprint density at radius 1 is 1.12 bits per heavy atom. The third kappa shape index (κ3) is 3.56. The Hall–Kier alpha value is -1.23. The number of nitrogens with zero attached hydrogens (tertiary/aromatic N) is 3. The molecule has 1 saturated carbocycles. The van der Waals surface area contributed by atoms with Crippen LogP contribution in [0.25, 0.3) is 0 Å². The zero-order chi connectivity index (χ0) is 16.5. The lowest BCUT2D eigenvalue weighted by atomic mass is 9.86. The number of thiazole rings is 1. The number of fused-ring (bicyclic) bond motifs is 1. The molecule has 0 saturated heterocycles. The Balaban J connectivity index is 1.54. The summed E-state index contributed by atoms with van der Waals surface area (Å²) >= 11 is 1.89. The molecule has 1 heterocycles. The Morgan fingerprint density at radius 3 is 2.75 bits per heavy atom. The van der Waals surface area contributed by atoms with E-state index in [0.29, 0.717) is 6.04 Å². The van der Waals surface area contributed by atoms with E-state index < -0.39 is 0 Å². The fraction of sp³-hybridized carbons (Fsp3) is 0.550. The van der Waals surface area contributed by atoms with Gasteiger partial charge in [0.05, 0.1) is 6.54 Å². The molecule has 1 atom stereocenters. The van der Waals surface area contributed by atoms with Crippen LogP contribution in [0.1, 0.15) is 52.7 Å². The molecule has 1 aromatic heterocycles. The molecule has 1 aromatic carbocycles. The number of benzene rings is 1. The smallest absolute Gasteiger partial charge is 0.107 e. The van der Waals surface area contributed by atoms with Gasteiger partial charge < -0.3 is 4.90 Å². The van der Waals surface area contributed by atoms with Gasteiger partial charge in [0, 0.05) is 29.7 Å². The van der Waals surface area contributed by atoms with Crippen LogP contribution in [0.4, 0.5) is 0 Å². The van der Waals surface area contributed by atoms with Crippen LogP contribution in [0.2, 0.25) is 0 Å². The Morgan fingerprint density at radius 2 is 1.96 bits per heavy atom. The lowest BCUT2D eigenvalue weighted by Crippen LogP contribution is -2.32. The topological polar surface area (TPSA) is 19.4 Å². The first-order valence-electron chi connectivity index (χ1n) is 9.12. The van der Waals surface area contributed by atoms with Crippen molar-refractivity contribution in [1.29, 1.82) is 0 Å². The van der Waals surface area contributed by atoms with Gasteiger partial charge in [0.2, 0.25) is 0 Å². The van der Waals surface area contributed by atoms with Crippen LogP contribution >= 0.6 is 11.3 Å². The summed E-state index contributed by atoms with van der Waals surface area (Å²) in [5, 5.41) is 1.28. The number of aryl methyl sites for hydroxylation is 1. The van der Waals surface area contributed by atoms with E-state index in [0.717, 1.165) is 19.1 Å². The van der Waals surface area contributed by atoms with Crippen LogP contribution in [0.15, 0.2) is 30.5 Å². The third-order valence-electron chi connectivity index (χ3n) is 5.15. The van der Waals surface area contributed by atoms with Crippen LogP contribution in [0, 0.1) is 0 Å². The summed E-state index contributed by atoms with van der Waals surface area (Å²) in [7, 11) is 4.24. The maximum atomic E-state index is 4.72. The van der Waals surface area contributed by atoms with E-state index in [1.807, 2.05) is 11.3 Å². The predicted molar refractivity (Wildman–Crippen MR) is 100 cm³/mol. The molecule has 4 rings (SSSR count). The average Bonchev–Trinajstić information content (AvgIpc) is 3.33. The van der Waals surface area contributed by atoms with E-state index in [1.165, 1.54) is 42.0 Å². The van der Waals surface area contributed by atoms with Crippen molar-refractivity contribution in [2.24, 2.45) is 0 Å². The third-order valence-corrected chi connectivity index (χ3v) is 6.11. The maximum absolute atomic E-state index is 4.72. The molecule has 24 heavy (non-hydrogen) atoms. The second-order valence-electron chi connectivity index (χ2n) is 7.47. The molecule has 2 aromatic rings. The normalized spacial score (nSPS) is 20.6. The molecule has 128 valence electrons. The highest BCUT2D eigenvalue weighted by atomic mass is 32.1. The first-order chi connectivity index (χ1) is 11.7. The molecular weight excluding hydrogens is 314 g/mol. The van der Waals surface area contributed by atoms with Crippen LogP contribution in [-0.2, 0) is 19.5 Å². The van der Waals surface area contributed by atoms with E-state index >= 15 is 0 Å². The lowest BCUT2D eigenvalue weighted by molar-refractivity contribution is 0.159. The van der Waals surface area contributed by atoms with Crippen molar-refractivity contribution < 1.29 is 0 Å². The van der Waals surface area contributed by atoms with Gasteiger partial charge in [-0.25, -0.2) is 4.98 Å². The second-order valence-corrected chi connectivity index (χ2v) is 8.67. The lowest BCUT2D eigenvalue weighted by Gasteiger charge is -2.35. The summed E-state index contributed by atoms with van der Waals surface area (Å²) < 4.78 is 0. The van der Waals surface area contributed by atoms with Gasteiger partial charge in [0.25, 0.3) is 0 Å². The van der Waals surface area contributed by atoms with Gasteiger partial charge in [-0.05, 0) is 57.3 Å². The Labute approximate surface area is 149 Å². The fourth-order valence-corrected chi connectivity index (χ4v) is 4.98. The highest BCUT2D eigenvalue weighted by molar-refractivity contribution is 7.11. The van der Waals surface area contributed by atoms with Crippen LogP contribution in [0.3, 0.4) is 0 Å². The molecular formula is C20H27N3S. The van der Waals surface area contributed by atoms with E-state index in [-0.39, 0.29) is 0 Å². The van der Waals surface area contributed by atoms with E-state index in [9.17, 15) is 0 Å². The summed E-state index contributed by atoms with van der Waals surface area (Å²) in [5.41, 5.74) is 3.13. The number of rotatable bonds is 6. The molecule has 0 bridgehead atoms. The standard InChI is InChI=1S/C20H27N3S/c1-22(2)13-17-12-21-20(24-17)14-23(16-10-11-16)19-9-5-7-15-6-3-4-8-18(15)19/h3-4,6,8,12,16,19H,5,7,9-11,13-14H2,1-2H3. The molecule has 2 aliphatic rings. The number of hydrogen-bond donors (Lipinski definition) is 0. The largest absolute Gasteiger partial charge is 0.304 e. The zero-order valence-corrected chi connectivity index (χ0v) is 15.6. The summed E-state index contributed by atoms with van der Waals surface area (Å²) in [6.45, 7) is 2.01. The molecule has 0 aliphatic heterocycles. The van der Waals surface area contributed by atoms with Gasteiger partial charge in [0.1, 0.15) is 5.01 Å². The minimum atomic E-state index is 0.587. The summed E-state index contributed by atoms with van der Waals surface area (Å²) in [6, 6.07) is 10.4. The van der Waals surface area contributed by atoms with Crippen molar-refractivity contribution in [2.45, 2.75) is 57.3 Å². The first kappa shape index (κ1) is 16.2. The van der Waals surface area contributed by atoms with Crippen molar-refractivity contribution in [3.63, 3.8) is 0 Å². The fourth-order valence-electron chi connectivity index (χ4n) is 3.93. The van der Waals surface area contributed by atoms with Crippen LogP contribution in [0.5, 0.6) is 0 Å². The summed E-state index contributed by atoms with van der Waals surface area (Å²) in [4.78, 5) is 11.1.